The van der Waals surface area contributed by atoms with Crippen LogP contribution in [-0.4, -0.2) is 25.1 Å². The number of rotatable bonds is 3. The van der Waals surface area contributed by atoms with E-state index in [2.05, 4.69) is 5.32 Å². The number of phenols is 1. The largest absolute Gasteiger partial charge is 0.506 e. The van der Waals surface area contributed by atoms with Crippen LogP contribution in [0, 0.1) is 0 Å². The Kier molecular flexibility index (Phi) is 4.15. The van der Waals surface area contributed by atoms with Crippen LogP contribution in [0.3, 0.4) is 0 Å². The van der Waals surface area contributed by atoms with E-state index < -0.39 is 0 Å². The van der Waals surface area contributed by atoms with E-state index >= 15 is 0 Å². The van der Waals surface area contributed by atoms with Crippen molar-refractivity contribution in [3.63, 3.8) is 0 Å². The second kappa shape index (κ2) is 5.84. The molecule has 0 spiro atoms. The standard InChI is InChI=1S/C15H15ClN2O2/c1-18(2)12-5-3-4-10(8-12)15(20)17-11-6-7-13(16)14(19)9-11/h3-9,19H,1-2H3,(H,17,20). The molecule has 104 valence electrons. The van der Waals surface area contributed by atoms with Crippen LogP contribution in [0.15, 0.2) is 42.5 Å². The van der Waals surface area contributed by atoms with Gasteiger partial charge in [-0.2, -0.15) is 0 Å². The van der Waals surface area contributed by atoms with E-state index in [1.54, 1.807) is 18.2 Å². The molecule has 4 nitrogen and oxygen atoms in total. The number of hydrogen-bond acceptors (Lipinski definition) is 3. The lowest BCUT2D eigenvalue weighted by Gasteiger charge is -2.13. The molecule has 0 saturated carbocycles. The van der Waals surface area contributed by atoms with Crippen LogP contribution in [-0.2, 0) is 0 Å². The van der Waals surface area contributed by atoms with Gasteiger partial charge in [0.25, 0.3) is 5.91 Å². The quantitative estimate of drug-likeness (QED) is 0.911. The Hall–Kier alpha value is -2.20. The number of carbonyl (C=O) groups excluding carboxylic acids is 1. The van der Waals surface area contributed by atoms with Crippen molar-refractivity contribution >= 4 is 28.9 Å². The van der Waals surface area contributed by atoms with Crippen molar-refractivity contribution in [2.24, 2.45) is 0 Å². The molecule has 0 unspecified atom stereocenters. The van der Waals surface area contributed by atoms with Gasteiger partial charge in [-0.3, -0.25) is 4.79 Å². The lowest BCUT2D eigenvalue weighted by Crippen LogP contribution is -2.14. The van der Waals surface area contributed by atoms with Crippen molar-refractivity contribution in [2.45, 2.75) is 0 Å². The number of benzene rings is 2. The maximum Gasteiger partial charge on any atom is 0.255 e. The summed E-state index contributed by atoms with van der Waals surface area (Å²) in [5.74, 6) is -0.304. The predicted octanol–water partition coefficient (Wildman–Crippen LogP) is 3.36. The minimum atomic E-state index is -0.240. The third kappa shape index (κ3) is 3.22. The Morgan fingerprint density at radius 1 is 1.20 bits per heavy atom. The number of aromatic hydroxyl groups is 1. The molecule has 0 fully saturated rings. The molecule has 2 aromatic carbocycles. The van der Waals surface area contributed by atoms with Gasteiger partial charge in [-0.25, -0.2) is 0 Å². The second-order valence-corrected chi connectivity index (χ2v) is 4.97. The summed E-state index contributed by atoms with van der Waals surface area (Å²) in [6.45, 7) is 0. The molecule has 0 aliphatic rings. The lowest BCUT2D eigenvalue weighted by molar-refractivity contribution is 0.102. The highest BCUT2D eigenvalue weighted by Crippen LogP contribution is 2.26. The molecule has 0 heterocycles. The first kappa shape index (κ1) is 14.2. The average molecular weight is 291 g/mol. The summed E-state index contributed by atoms with van der Waals surface area (Å²) in [5.41, 5.74) is 1.98. The summed E-state index contributed by atoms with van der Waals surface area (Å²) >= 11 is 5.72. The van der Waals surface area contributed by atoms with Crippen LogP contribution in [0.4, 0.5) is 11.4 Å². The Morgan fingerprint density at radius 2 is 1.95 bits per heavy atom. The van der Waals surface area contributed by atoms with Crippen molar-refractivity contribution in [1.82, 2.24) is 0 Å². The number of amides is 1. The van der Waals surface area contributed by atoms with Gasteiger partial charge in [0.15, 0.2) is 0 Å². The minimum absolute atomic E-state index is 0.0634. The lowest BCUT2D eigenvalue weighted by atomic mass is 10.1. The molecule has 0 aliphatic heterocycles. The van der Waals surface area contributed by atoms with Gasteiger partial charge >= 0.3 is 0 Å². The molecular formula is C15H15ClN2O2. The smallest absolute Gasteiger partial charge is 0.255 e. The Balaban J connectivity index is 2.19. The average Bonchev–Trinajstić information content (AvgIpc) is 2.43. The van der Waals surface area contributed by atoms with Crippen molar-refractivity contribution in [1.29, 1.82) is 0 Å². The summed E-state index contributed by atoms with van der Waals surface area (Å²) in [4.78, 5) is 14.1. The Labute approximate surface area is 122 Å². The predicted molar refractivity (Wildman–Crippen MR) is 81.8 cm³/mol. The van der Waals surface area contributed by atoms with E-state index in [1.165, 1.54) is 12.1 Å². The number of hydrogen-bond donors (Lipinski definition) is 2. The minimum Gasteiger partial charge on any atom is -0.506 e. The number of anilines is 2. The summed E-state index contributed by atoms with van der Waals surface area (Å²) in [5, 5.41) is 12.5. The zero-order valence-corrected chi connectivity index (χ0v) is 12.0. The first-order valence-corrected chi connectivity index (χ1v) is 6.42. The molecule has 20 heavy (non-hydrogen) atoms. The fraction of sp³-hybridized carbons (Fsp3) is 0.133. The number of nitrogens with zero attached hydrogens (tertiary/aromatic N) is 1. The van der Waals surface area contributed by atoms with Crippen molar-refractivity contribution in [3.8, 4) is 5.75 Å². The zero-order chi connectivity index (χ0) is 14.7. The third-order valence-electron chi connectivity index (χ3n) is 2.83. The molecule has 2 rings (SSSR count). The maximum absolute atomic E-state index is 12.1. The van der Waals surface area contributed by atoms with Gasteiger partial charge in [0.05, 0.1) is 5.02 Å². The van der Waals surface area contributed by atoms with Gasteiger partial charge in [-0.05, 0) is 30.3 Å². The van der Waals surface area contributed by atoms with Crippen LogP contribution in [0.1, 0.15) is 10.4 Å². The zero-order valence-electron chi connectivity index (χ0n) is 11.2. The molecule has 5 heteroatoms. The van der Waals surface area contributed by atoms with Crippen LogP contribution in [0.25, 0.3) is 0 Å². The Morgan fingerprint density at radius 3 is 2.60 bits per heavy atom. The fourth-order valence-electron chi connectivity index (χ4n) is 1.72. The van der Waals surface area contributed by atoms with E-state index in [0.29, 0.717) is 11.3 Å². The van der Waals surface area contributed by atoms with Crippen molar-refractivity contribution in [3.05, 3.63) is 53.1 Å². The molecule has 2 N–H and O–H groups in total. The SMILES string of the molecule is CN(C)c1cccc(C(=O)Nc2ccc(Cl)c(O)c2)c1. The van der Waals surface area contributed by atoms with Crippen LogP contribution >= 0.6 is 11.6 Å². The van der Waals surface area contributed by atoms with Gasteiger partial charge < -0.3 is 15.3 Å². The molecule has 0 bridgehead atoms. The summed E-state index contributed by atoms with van der Waals surface area (Å²) in [6, 6.07) is 11.9. The van der Waals surface area contributed by atoms with E-state index in [4.69, 9.17) is 11.6 Å². The molecular weight excluding hydrogens is 276 g/mol. The highest BCUT2D eigenvalue weighted by Gasteiger charge is 2.08. The van der Waals surface area contributed by atoms with E-state index in [1.807, 2.05) is 31.1 Å². The first-order valence-electron chi connectivity index (χ1n) is 6.04. The first-order chi connectivity index (χ1) is 9.47. The van der Waals surface area contributed by atoms with Gasteiger partial charge in [0.1, 0.15) is 5.75 Å². The van der Waals surface area contributed by atoms with Crippen LogP contribution in [0.5, 0.6) is 5.75 Å². The van der Waals surface area contributed by atoms with Gasteiger partial charge in [-0.1, -0.05) is 17.7 Å². The normalized spacial score (nSPS) is 10.2. The van der Waals surface area contributed by atoms with E-state index in [0.717, 1.165) is 5.69 Å². The van der Waals surface area contributed by atoms with Gasteiger partial charge in [0, 0.05) is 37.1 Å². The maximum atomic E-state index is 12.1. The highest BCUT2D eigenvalue weighted by atomic mass is 35.5. The number of phenolic OH excluding ortho intramolecular Hbond substituents is 1. The van der Waals surface area contributed by atoms with Crippen molar-refractivity contribution in [2.75, 3.05) is 24.3 Å². The van der Waals surface area contributed by atoms with E-state index in [-0.39, 0.29) is 16.7 Å². The number of nitrogens with one attached hydrogen (secondary N) is 1. The summed E-state index contributed by atoms with van der Waals surface area (Å²) in [7, 11) is 3.82. The Bertz CT molecular complexity index is 642. The summed E-state index contributed by atoms with van der Waals surface area (Å²) in [6.07, 6.45) is 0. The molecule has 0 radical (unpaired) electrons. The van der Waals surface area contributed by atoms with E-state index in [9.17, 15) is 9.90 Å². The summed E-state index contributed by atoms with van der Waals surface area (Å²) < 4.78 is 0. The van der Waals surface area contributed by atoms with Crippen molar-refractivity contribution < 1.29 is 9.90 Å². The second-order valence-electron chi connectivity index (χ2n) is 4.57. The van der Waals surface area contributed by atoms with Gasteiger partial charge in [0.2, 0.25) is 0 Å². The molecule has 2 aromatic rings. The van der Waals surface area contributed by atoms with Crippen LogP contribution in [0.2, 0.25) is 5.02 Å². The molecule has 0 aliphatic carbocycles. The molecule has 0 atom stereocenters. The fourth-order valence-corrected chi connectivity index (χ4v) is 1.84. The van der Waals surface area contributed by atoms with Crippen LogP contribution < -0.4 is 10.2 Å². The number of carbonyl (C=O) groups is 1. The topological polar surface area (TPSA) is 52.6 Å². The van der Waals surface area contributed by atoms with Gasteiger partial charge in [-0.15, -0.1) is 0 Å². The highest BCUT2D eigenvalue weighted by molar-refractivity contribution is 6.32. The number of halogens is 1. The third-order valence-corrected chi connectivity index (χ3v) is 3.15. The molecule has 1 amide bonds. The molecule has 0 aromatic heterocycles. The molecule has 0 saturated heterocycles. The monoisotopic (exact) mass is 290 g/mol.